The predicted octanol–water partition coefficient (Wildman–Crippen LogP) is 2.72. The molecule has 0 aromatic carbocycles. The molecule has 2 rings (SSSR count). The molecule has 0 saturated carbocycles. The second kappa shape index (κ2) is 4.17. The van der Waals surface area contributed by atoms with Gasteiger partial charge < -0.3 is 4.42 Å². The smallest absolute Gasteiger partial charge is 0.293 e. The molecule has 1 aliphatic rings. The fourth-order valence-corrected chi connectivity index (χ4v) is 2.39. The van der Waals surface area contributed by atoms with Gasteiger partial charge in [0.15, 0.2) is 0 Å². The molecule has 1 fully saturated rings. The molecule has 1 aliphatic heterocycles. The van der Waals surface area contributed by atoms with Crippen LogP contribution >= 0.6 is 11.8 Å². The molecule has 4 nitrogen and oxygen atoms in total. The van der Waals surface area contributed by atoms with Crippen LogP contribution in [-0.4, -0.2) is 22.1 Å². The third-order valence-electron chi connectivity index (χ3n) is 2.18. The van der Waals surface area contributed by atoms with Gasteiger partial charge in [0, 0.05) is 11.6 Å². The Morgan fingerprint density at radius 2 is 2.19 bits per heavy atom. The summed E-state index contributed by atoms with van der Waals surface area (Å²) in [5.74, 6) is -0.230. The number of hydrogen-bond acceptors (Lipinski definition) is 4. The molecule has 0 bridgehead atoms. The maximum Gasteiger partial charge on any atom is 0.293 e. The first-order valence-corrected chi connectivity index (χ1v) is 5.70. The summed E-state index contributed by atoms with van der Waals surface area (Å²) in [4.78, 5) is 25.1. The van der Waals surface area contributed by atoms with Crippen LogP contribution in [0.25, 0.3) is 6.08 Å². The number of carbonyl (C=O) groups is 2. The van der Waals surface area contributed by atoms with E-state index in [2.05, 4.69) is 0 Å². The quantitative estimate of drug-likeness (QED) is 0.742. The first-order chi connectivity index (χ1) is 7.59. The normalized spacial score (nSPS) is 19.2. The summed E-state index contributed by atoms with van der Waals surface area (Å²) in [5, 5.41) is -0.213. The van der Waals surface area contributed by atoms with E-state index in [0.717, 1.165) is 17.3 Å². The van der Waals surface area contributed by atoms with E-state index in [9.17, 15) is 9.59 Å². The summed E-state index contributed by atoms with van der Waals surface area (Å²) in [6.45, 7) is 3.63. The van der Waals surface area contributed by atoms with Gasteiger partial charge in [-0.15, -0.1) is 0 Å². The van der Waals surface area contributed by atoms with Gasteiger partial charge >= 0.3 is 0 Å². The van der Waals surface area contributed by atoms with Crippen molar-refractivity contribution >= 4 is 29.0 Å². The first kappa shape index (κ1) is 11.0. The Hall–Kier alpha value is -1.49. The number of rotatable bonds is 2. The van der Waals surface area contributed by atoms with Gasteiger partial charge in [0.2, 0.25) is 0 Å². The van der Waals surface area contributed by atoms with Crippen molar-refractivity contribution in [2.24, 2.45) is 0 Å². The minimum atomic E-state index is -0.230. The number of carbonyl (C=O) groups excluding carboxylic acids is 2. The summed E-state index contributed by atoms with van der Waals surface area (Å²) in [5.41, 5.74) is 0.786. The number of thioether (sulfide) groups is 1. The molecule has 16 heavy (non-hydrogen) atoms. The van der Waals surface area contributed by atoms with Crippen molar-refractivity contribution in [1.29, 1.82) is 0 Å². The maximum absolute atomic E-state index is 11.9. The predicted molar refractivity (Wildman–Crippen MR) is 61.7 cm³/mol. The van der Waals surface area contributed by atoms with E-state index in [1.807, 2.05) is 13.8 Å². The van der Waals surface area contributed by atoms with Gasteiger partial charge in [0.25, 0.3) is 11.1 Å². The first-order valence-electron chi connectivity index (χ1n) is 4.89. The molecule has 1 aromatic heterocycles. The monoisotopic (exact) mass is 237 g/mol. The van der Waals surface area contributed by atoms with E-state index >= 15 is 0 Å². The standard InChI is InChI=1S/C11H11NO3S/c1-7(2)12-10(13)9(16-11(12)14)5-8-3-4-15-6-8/h3-7H,1-2H3/b9-5+. The Balaban J connectivity index is 2.27. The third-order valence-corrected chi connectivity index (χ3v) is 3.06. The molecular formula is C11H11NO3S. The molecule has 0 radical (unpaired) electrons. The van der Waals surface area contributed by atoms with Crippen LogP contribution in [0.2, 0.25) is 0 Å². The van der Waals surface area contributed by atoms with Gasteiger partial charge in [0.1, 0.15) is 0 Å². The van der Waals surface area contributed by atoms with Crippen LogP contribution in [0.4, 0.5) is 4.79 Å². The van der Waals surface area contributed by atoms with Crippen molar-refractivity contribution in [1.82, 2.24) is 4.90 Å². The van der Waals surface area contributed by atoms with Crippen molar-refractivity contribution in [2.45, 2.75) is 19.9 Å². The van der Waals surface area contributed by atoms with Crippen LogP contribution in [-0.2, 0) is 4.79 Å². The highest BCUT2D eigenvalue weighted by molar-refractivity contribution is 8.18. The average molecular weight is 237 g/mol. The van der Waals surface area contributed by atoms with Gasteiger partial charge in [-0.3, -0.25) is 14.5 Å². The molecule has 0 spiro atoms. The van der Waals surface area contributed by atoms with Gasteiger partial charge in [-0.25, -0.2) is 0 Å². The van der Waals surface area contributed by atoms with Crippen molar-refractivity contribution < 1.29 is 14.0 Å². The van der Waals surface area contributed by atoms with Crippen LogP contribution in [0.5, 0.6) is 0 Å². The average Bonchev–Trinajstić information content (AvgIpc) is 2.76. The number of furan rings is 1. The van der Waals surface area contributed by atoms with Gasteiger partial charge in [-0.05, 0) is 37.8 Å². The van der Waals surface area contributed by atoms with Crippen LogP contribution in [0.3, 0.4) is 0 Å². The molecular weight excluding hydrogens is 226 g/mol. The zero-order chi connectivity index (χ0) is 11.7. The Morgan fingerprint density at radius 3 is 2.69 bits per heavy atom. The number of nitrogens with zero attached hydrogens (tertiary/aromatic N) is 1. The Labute approximate surface area is 97.3 Å². The van der Waals surface area contributed by atoms with Crippen LogP contribution in [0.15, 0.2) is 27.9 Å². The van der Waals surface area contributed by atoms with E-state index in [0.29, 0.717) is 4.91 Å². The van der Waals surface area contributed by atoms with Crippen LogP contribution < -0.4 is 0 Å². The molecule has 2 amide bonds. The summed E-state index contributed by atoms with van der Waals surface area (Å²) in [6, 6.07) is 1.63. The number of imide groups is 1. The topological polar surface area (TPSA) is 50.5 Å². The van der Waals surface area contributed by atoms with E-state index < -0.39 is 0 Å². The third kappa shape index (κ3) is 1.90. The summed E-state index contributed by atoms with van der Waals surface area (Å²) >= 11 is 0.965. The minimum Gasteiger partial charge on any atom is -0.472 e. The highest BCUT2D eigenvalue weighted by Crippen LogP contribution is 2.33. The lowest BCUT2D eigenvalue weighted by molar-refractivity contribution is -0.123. The Kier molecular flexibility index (Phi) is 2.87. The SMILES string of the molecule is CC(C)N1C(=O)S/C(=C/c2ccoc2)C1=O. The molecule has 0 aliphatic carbocycles. The molecule has 0 unspecified atom stereocenters. The van der Waals surface area contributed by atoms with Crippen LogP contribution in [0.1, 0.15) is 19.4 Å². The fourth-order valence-electron chi connectivity index (χ4n) is 1.43. The zero-order valence-electron chi connectivity index (χ0n) is 8.97. The van der Waals surface area contributed by atoms with Crippen molar-refractivity contribution in [3.63, 3.8) is 0 Å². The lowest BCUT2D eigenvalue weighted by atomic mass is 10.3. The molecule has 5 heteroatoms. The summed E-state index contributed by atoms with van der Waals surface area (Å²) < 4.78 is 4.90. The van der Waals surface area contributed by atoms with E-state index in [1.165, 1.54) is 17.4 Å². The van der Waals surface area contributed by atoms with E-state index in [-0.39, 0.29) is 17.2 Å². The van der Waals surface area contributed by atoms with Gasteiger partial charge in [-0.2, -0.15) is 0 Å². The lowest BCUT2D eigenvalue weighted by Crippen LogP contribution is -2.34. The molecule has 84 valence electrons. The largest absolute Gasteiger partial charge is 0.472 e. The van der Waals surface area contributed by atoms with Crippen molar-refractivity contribution in [2.75, 3.05) is 0 Å². The molecule has 1 aromatic rings. The van der Waals surface area contributed by atoms with Gasteiger partial charge in [-0.1, -0.05) is 0 Å². The summed E-state index contributed by atoms with van der Waals surface area (Å²) in [6.07, 6.45) is 4.72. The summed E-state index contributed by atoms with van der Waals surface area (Å²) in [7, 11) is 0. The highest BCUT2D eigenvalue weighted by atomic mass is 32.2. The fraction of sp³-hybridized carbons (Fsp3) is 0.273. The maximum atomic E-state index is 11.9. The Bertz CT molecular complexity index is 448. The molecule has 0 N–H and O–H groups in total. The van der Waals surface area contributed by atoms with Gasteiger partial charge in [0.05, 0.1) is 17.4 Å². The second-order valence-electron chi connectivity index (χ2n) is 3.70. The van der Waals surface area contributed by atoms with Crippen molar-refractivity contribution in [3.05, 3.63) is 29.1 Å². The number of hydrogen-bond donors (Lipinski definition) is 0. The zero-order valence-corrected chi connectivity index (χ0v) is 9.78. The van der Waals surface area contributed by atoms with Crippen LogP contribution in [0, 0.1) is 0 Å². The van der Waals surface area contributed by atoms with E-state index in [4.69, 9.17) is 4.42 Å². The number of amides is 2. The highest BCUT2D eigenvalue weighted by Gasteiger charge is 2.36. The lowest BCUT2D eigenvalue weighted by Gasteiger charge is -2.16. The Morgan fingerprint density at radius 1 is 1.44 bits per heavy atom. The second-order valence-corrected chi connectivity index (χ2v) is 4.70. The molecule has 2 heterocycles. The van der Waals surface area contributed by atoms with E-state index in [1.54, 1.807) is 12.1 Å². The minimum absolute atomic E-state index is 0.109. The molecule has 0 atom stereocenters. The van der Waals surface area contributed by atoms with Crippen molar-refractivity contribution in [3.8, 4) is 0 Å². The molecule has 1 saturated heterocycles.